The number of nitrogens with zero attached hydrogens (tertiary/aromatic N) is 3. The van der Waals surface area contributed by atoms with E-state index >= 15 is 0 Å². The van der Waals surface area contributed by atoms with Crippen LogP contribution in [-0.4, -0.2) is 61.7 Å². The Balaban J connectivity index is 1.23. The lowest BCUT2D eigenvalue weighted by Crippen LogP contribution is -2.48. The molecule has 1 N–H and O–H groups in total. The van der Waals surface area contributed by atoms with Crippen molar-refractivity contribution in [1.82, 2.24) is 15.2 Å². The maximum absolute atomic E-state index is 12.1. The molecular weight excluding hydrogens is 444 g/mol. The van der Waals surface area contributed by atoms with Gasteiger partial charge in [0.25, 0.3) is 0 Å². The molecule has 3 aromatic rings. The number of nitrogens with one attached hydrogen (secondary N) is 1. The average molecular weight is 471 g/mol. The molecule has 0 radical (unpaired) electrons. The number of hydrogen-bond donors (Lipinski definition) is 1. The van der Waals surface area contributed by atoms with Crippen LogP contribution < -0.4 is 15.0 Å². The second-order valence-corrected chi connectivity index (χ2v) is 8.92. The predicted octanol–water partition coefficient (Wildman–Crippen LogP) is 4.30. The molecule has 0 bridgehead atoms. The Bertz CT molecular complexity index is 1090. The first-order chi connectivity index (χ1) is 15.6. The van der Waals surface area contributed by atoms with Gasteiger partial charge in [-0.3, -0.25) is 9.69 Å². The van der Waals surface area contributed by atoms with Crippen molar-refractivity contribution in [3.63, 3.8) is 0 Å². The number of rotatable bonds is 8. The van der Waals surface area contributed by atoms with Crippen LogP contribution in [0.2, 0.25) is 5.02 Å². The van der Waals surface area contributed by atoms with Crippen LogP contribution in [0.1, 0.15) is 12.5 Å². The summed E-state index contributed by atoms with van der Waals surface area (Å²) < 4.78 is 6.87. The molecule has 8 heteroatoms. The standard InChI is InChI=1S/C24H27ClN4O2S/c1-2-31-20-8-5-9-21-23(20)27-24(32-21)29-16-14-28(15-17-29)13-12-26-22(30)11-10-18-6-3-4-7-19(18)25/h3-11H,2,12-17H2,1H3,(H,26,30)/b11-10+. The van der Waals surface area contributed by atoms with Gasteiger partial charge < -0.3 is 15.0 Å². The van der Waals surface area contributed by atoms with Crippen LogP contribution in [-0.2, 0) is 4.79 Å². The lowest BCUT2D eigenvalue weighted by atomic mass is 10.2. The van der Waals surface area contributed by atoms with Gasteiger partial charge in [-0.25, -0.2) is 4.98 Å². The van der Waals surface area contributed by atoms with Gasteiger partial charge in [0.05, 0.1) is 11.3 Å². The molecule has 4 rings (SSSR count). The van der Waals surface area contributed by atoms with Gasteiger partial charge in [0.1, 0.15) is 11.3 Å². The van der Waals surface area contributed by atoms with Gasteiger partial charge in [-0.1, -0.05) is 47.2 Å². The molecule has 168 valence electrons. The third-order valence-electron chi connectivity index (χ3n) is 5.36. The molecule has 1 aliphatic rings. The Kier molecular flexibility index (Phi) is 7.63. The Labute approximate surface area is 197 Å². The first-order valence-corrected chi connectivity index (χ1v) is 12.0. The summed E-state index contributed by atoms with van der Waals surface area (Å²) in [5.41, 5.74) is 1.79. The topological polar surface area (TPSA) is 57.7 Å². The van der Waals surface area contributed by atoms with E-state index in [0.717, 1.165) is 59.4 Å². The minimum atomic E-state index is -0.108. The van der Waals surface area contributed by atoms with Gasteiger partial charge in [0, 0.05) is 50.4 Å². The second kappa shape index (κ2) is 10.8. The van der Waals surface area contributed by atoms with Crippen LogP contribution in [0.4, 0.5) is 5.13 Å². The van der Waals surface area contributed by atoms with Gasteiger partial charge in [-0.05, 0) is 36.8 Å². The maximum atomic E-state index is 12.1. The third kappa shape index (κ3) is 5.59. The zero-order valence-corrected chi connectivity index (χ0v) is 19.7. The fourth-order valence-corrected chi connectivity index (χ4v) is 4.89. The number of carbonyl (C=O) groups excluding carboxylic acids is 1. The van der Waals surface area contributed by atoms with E-state index in [1.807, 2.05) is 43.3 Å². The number of benzene rings is 2. The number of hydrogen-bond acceptors (Lipinski definition) is 6. The van der Waals surface area contributed by atoms with E-state index in [4.69, 9.17) is 21.3 Å². The van der Waals surface area contributed by atoms with Crippen LogP contribution in [0, 0.1) is 0 Å². The van der Waals surface area contributed by atoms with Crippen LogP contribution >= 0.6 is 22.9 Å². The number of piperazine rings is 1. The molecule has 1 amide bonds. The third-order valence-corrected chi connectivity index (χ3v) is 6.79. The van der Waals surface area contributed by atoms with Gasteiger partial charge in [0.15, 0.2) is 5.13 Å². The number of halogens is 1. The maximum Gasteiger partial charge on any atom is 0.244 e. The molecule has 0 aliphatic carbocycles. The van der Waals surface area contributed by atoms with Crippen molar-refractivity contribution in [1.29, 1.82) is 0 Å². The van der Waals surface area contributed by atoms with E-state index in [0.29, 0.717) is 18.2 Å². The summed E-state index contributed by atoms with van der Waals surface area (Å²) in [5.74, 6) is 0.744. The Morgan fingerprint density at radius 2 is 2.00 bits per heavy atom. The van der Waals surface area contributed by atoms with Gasteiger partial charge in [-0.2, -0.15) is 0 Å². The van der Waals surface area contributed by atoms with Crippen molar-refractivity contribution in [2.24, 2.45) is 0 Å². The highest BCUT2D eigenvalue weighted by Gasteiger charge is 2.20. The molecule has 6 nitrogen and oxygen atoms in total. The highest BCUT2D eigenvalue weighted by Crippen LogP contribution is 2.34. The van der Waals surface area contributed by atoms with Crippen molar-refractivity contribution in [2.75, 3.05) is 50.8 Å². The monoisotopic (exact) mass is 470 g/mol. The van der Waals surface area contributed by atoms with Crippen molar-refractivity contribution in [3.8, 4) is 5.75 Å². The zero-order chi connectivity index (χ0) is 22.3. The van der Waals surface area contributed by atoms with Gasteiger partial charge in [-0.15, -0.1) is 0 Å². The summed E-state index contributed by atoms with van der Waals surface area (Å²) in [6, 6.07) is 13.6. The van der Waals surface area contributed by atoms with Crippen molar-refractivity contribution in [2.45, 2.75) is 6.92 Å². The van der Waals surface area contributed by atoms with Crippen LogP contribution in [0.15, 0.2) is 48.5 Å². The Morgan fingerprint density at radius 1 is 1.19 bits per heavy atom. The van der Waals surface area contributed by atoms with E-state index < -0.39 is 0 Å². The summed E-state index contributed by atoms with van der Waals surface area (Å²) in [6.45, 7) is 7.80. The van der Waals surface area contributed by atoms with E-state index in [1.54, 1.807) is 17.4 Å². The minimum Gasteiger partial charge on any atom is -0.492 e. The minimum absolute atomic E-state index is 0.108. The first-order valence-electron chi connectivity index (χ1n) is 10.8. The lowest BCUT2D eigenvalue weighted by Gasteiger charge is -2.34. The number of fused-ring (bicyclic) bond motifs is 1. The number of amides is 1. The van der Waals surface area contributed by atoms with Crippen LogP contribution in [0.5, 0.6) is 5.75 Å². The molecule has 0 atom stereocenters. The molecule has 2 aromatic carbocycles. The molecule has 0 spiro atoms. The zero-order valence-electron chi connectivity index (χ0n) is 18.1. The molecule has 0 saturated carbocycles. The molecule has 32 heavy (non-hydrogen) atoms. The second-order valence-electron chi connectivity index (χ2n) is 7.51. The summed E-state index contributed by atoms with van der Waals surface area (Å²) in [5, 5.41) is 4.63. The smallest absolute Gasteiger partial charge is 0.244 e. The Hall–Kier alpha value is -2.61. The highest BCUT2D eigenvalue weighted by molar-refractivity contribution is 7.22. The molecule has 0 unspecified atom stereocenters. The predicted molar refractivity (Wildman–Crippen MR) is 133 cm³/mol. The van der Waals surface area contributed by atoms with E-state index in [-0.39, 0.29) is 5.91 Å². The quantitative estimate of drug-likeness (QED) is 0.497. The van der Waals surface area contributed by atoms with Crippen LogP contribution in [0.25, 0.3) is 16.3 Å². The van der Waals surface area contributed by atoms with Crippen molar-refractivity contribution in [3.05, 3.63) is 59.1 Å². The van der Waals surface area contributed by atoms with E-state index in [1.165, 1.54) is 6.08 Å². The normalized spacial score (nSPS) is 14.9. The SMILES string of the molecule is CCOc1cccc2sc(N3CCN(CCNC(=O)/C=C/c4ccccc4Cl)CC3)nc12. The van der Waals surface area contributed by atoms with Crippen LogP contribution in [0.3, 0.4) is 0 Å². The summed E-state index contributed by atoms with van der Waals surface area (Å²) in [6.07, 6.45) is 3.27. The highest BCUT2D eigenvalue weighted by atomic mass is 35.5. The number of aromatic nitrogens is 1. The average Bonchev–Trinajstić information content (AvgIpc) is 3.25. The van der Waals surface area contributed by atoms with Crippen molar-refractivity contribution < 1.29 is 9.53 Å². The molecule has 1 saturated heterocycles. The number of ether oxygens (including phenoxy) is 1. The number of carbonyl (C=O) groups is 1. The Morgan fingerprint density at radius 3 is 2.78 bits per heavy atom. The number of thiazole rings is 1. The largest absolute Gasteiger partial charge is 0.492 e. The number of anilines is 1. The lowest BCUT2D eigenvalue weighted by molar-refractivity contribution is -0.116. The van der Waals surface area contributed by atoms with E-state index in [9.17, 15) is 4.79 Å². The molecule has 1 aliphatic heterocycles. The van der Waals surface area contributed by atoms with Crippen molar-refractivity contribution >= 4 is 50.3 Å². The molecule has 1 fully saturated rings. The van der Waals surface area contributed by atoms with E-state index in [2.05, 4.69) is 21.2 Å². The summed E-state index contributed by atoms with van der Waals surface area (Å²) in [4.78, 5) is 21.6. The summed E-state index contributed by atoms with van der Waals surface area (Å²) in [7, 11) is 0. The molecule has 2 heterocycles. The number of para-hydroxylation sites is 1. The molecular formula is C24H27ClN4O2S. The first kappa shape index (κ1) is 22.6. The summed E-state index contributed by atoms with van der Waals surface area (Å²) >= 11 is 7.82. The van der Waals surface area contributed by atoms with Gasteiger partial charge >= 0.3 is 0 Å². The van der Waals surface area contributed by atoms with Gasteiger partial charge in [0.2, 0.25) is 5.91 Å². The fraction of sp³-hybridized carbons (Fsp3) is 0.333. The molecule has 1 aromatic heterocycles. The fourth-order valence-electron chi connectivity index (χ4n) is 3.65.